The van der Waals surface area contributed by atoms with E-state index in [4.69, 9.17) is 0 Å². The number of hydroxylamine groups is 2. The van der Waals surface area contributed by atoms with Crippen molar-refractivity contribution in [2.75, 3.05) is 0 Å². The van der Waals surface area contributed by atoms with E-state index in [1.165, 1.54) is 48.1 Å². The average molecular weight is 335 g/mol. The summed E-state index contributed by atoms with van der Waals surface area (Å²) in [4.78, 5) is 35.3. The smallest absolute Gasteiger partial charge is 0.759 e. The third-order valence-corrected chi connectivity index (χ3v) is 1.78. The van der Waals surface area contributed by atoms with Gasteiger partial charge in [0, 0.05) is 24.8 Å². The first-order chi connectivity index (χ1) is 9.69. The van der Waals surface area contributed by atoms with Crippen LogP contribution in [0.5, 0.6) is 0 Å². The van der Waals surface area contributed by atoms with Gasteiger partial charge in [-0.2, -0.15) is 0 Å². The van der Waals surface area contributed by atoms with Crippen LogP contribution in [0.3, 0.4) is 0 Å². The van der Waals surface area contributed by atoms with Gasteiger partial charge in [-0.15, -0.1) is 0 Å². The van der Waals surface area contributed by atoms with E-state index in [1.54, 1.807) is 0 Å². The van der Waals surface area contributed by atoms with Gasteiger partial charge in [-0.1, -0.05) is 0 Å². The predicted octanol–water partition coefficient (Wildman–Crippen LogP) is -0.594. The Kier molecular flexibility index (Phi) is 9.11. The largest absolute Gasteiger partial charge is 2.00 e. The van der Waals surface area contributed by atoms with Crippen molar-refractivity contribution in [1.29, 1.82) is 0 Å². The number of aromatic nitrogens is 4. The van der Waals surface area contributed by atoms with Crippen molar-refractivity contribution in [2.45, 2.75) is 0 Å². The molecule has 10 nitrogen and oxygen atoms in total. The van der Waals surface area contributed by atoms with Crippen LogP contribution in [0.1, 0.15) is 21.0 Å². The topological polar surface area (TPSA) is 156 Å². The maximum atomic E-state index is 10.5. The maximum absolute atomic E-state index is 10.5. The predicted molar refractivity (Wildman–Crippen MR) is 65.7 cm³/mol. The monoisotopic (exact) mass is 335 g/mol. The summed E-state index contributed by atoms with van der Waals surface area (Å²) in [6.45, 7) is 0. The molecule has 0 saturated heterocycles. The zero-order valence-corrected chi connectivity index (χ0v) is 11.3. The molecule has 2 N–H and O–H groups in total. The Labute approximate surface area is 128 Å². The number of carbonyl (C=O) groups excluding carboxylic acids is 2. The molecule has 0 aliphatic rings. The van der Waals surface area contributed by atoms with Gasteiger partial charge in [0.05, 0.1) is 12.4 Å². The number of rotatable bonds is 2. The minimum absolute atomic E-state index is 0. The van der Waals surface area contributed by atoms with Gasteiger partial charge < -0.3 is 21.4 Å². The van der Waals surface area contributed by atoms with E-state index in [2.05, 4.69) is 19.9 Å². The van der Waals surface area contributed by atoms with Crippen molar-refractivity contribution in [3.63, 3.8) is 0 Å². The molecule has 0 atom stereocenters. The van der Waals surface area contributed by atoms with Crippen LogP contribution in [0.2, 0.25) is 0 Å². The summed E-state index contributed by atoms with van der Waals surface area (Å²) in [6, 6.07) is 0. The van der Waals surface area contributed by atoms with Crippen molar-refractivity contribution in [1.82, 2.24) is 30.9 Å². The summed E-state index contributed by atoms with van der Waals surface area (Å²) in [5, 5.41) is 19.5. The molecule has 0 unspecified atom stereocenters. The molecule has 2 heterocycles. The van der Waals surface area contributed by atoms with Gasteiger partial charge in [-0.3, -0.25) is 19.6 Å². The number of nitrogens with zero attached hydrogens (tertiary/aromatic N) is 4. The van der Waals surface area contributed by atoms with Crippen LogP contribution in [0.25, 0.3) is 0 Å². The van der Waals surface area contributed by atoms with Gasteiger partial charge in [-0.25, -0.2) is 9.97 Å². The van der Waals surface area contributed by atoms with Crippen molar-refractivity contribution in [3.05, 3.63) is 59.0 Å². The molecule has 0 aliphatic carbocycles. The van der Waals surface area contributed by atoms with E-state index >= 15 is 0 Å². The normalized spacial score (nSPS) is 8.48. The Bertz CT molecular complexity index is 504. The summed E-state index contributed by atoms with van der Waals surface area (Å²) in [7, 11) is 0. The minimum Gasteiger partial charge on any atom is -0.759 e. The summed E-state index contributed by atoms with van der Waals surface area (Å²) in [5.41, 5.74) is 2.43. The first-order valence-corrected chi connectivity index (χ1v) is 5.06. The number of amides is 2. The van der Waals surface area contributed by atoms with E-state index in [0.29, 0.717) is 0 Å². The molecule has 1 radical (unpaired) electrons. The third kappa shape index (κ3) is 6.48. The molecule has 2 rings (SSSR count). The summed E-state index contributed by atoms with van der Waals surface area (Å²) < 4.78 is 0. The number of hydrogen-bond acceptors (Lipinski definition) is 8. The molecule has 0 aliphatic heterocycles. The maximum Gasteiger partial charge on any atom is 2.00 e. The number of carbonyl (C=O) groups is 2. The fourth-order valence-corrected chi connectivity index (χ4v) is 0.937. The van der Waals surface area contributed by atoms with Crippen molar-refractivity contribution in [3.8, 4) is 0 Å². The molecular weight excluding hydrogens is 327 g/mol. The Balaban J connectivity index is 0.000000364. The SMILES string of the molecule is O=C(N[O-])c1cnccn1.O=C(N[O-])c1cnccn1.[Co+2]. The van der Waals surface area contributed by atoms with Crippen LogP contribution in [-0.2, 0) is 16.8 Å². The Morgan fingerprint density at radius 3 is 1.43 bits per heavy atom. The first kappa shape index (κ1) is 18.5. The molecular formula is C10H8CoN6O4. The summed E-state index contributed by atoms with van der Waals surface area (Å²) in [5.74, 6) is -1.54. The molecule has 0 fully saturated rings. The second-order valence-electron chi connectivity index (χ2n) is 3.04. The van der Waals surface area contributed by atoms with Gasteiger partial charge in [0.25, 0.3) is 11.8 Å². The molecule has 2 amide bonds. The second-order valence-corrected chi connectivity index (χ2v) is 3.04. The van der Waals surface area contributed by atoms with Gasteiger partial charge in [0.1, 0.15) is 11.4 Å². The van der Waals surface area contributed by atoms with E-state index in [0.717, 1.165) is 0 Å². The molecule has 0 bridgehead atoms. The van der Waals surface area contributed by atoms with Crippen LogP contribution in [0, 0.1) is 10.4 Å². The zero-order chi connectivity index (χ0) is 14.8. The fourth-order valence-electron chi connectivity index (χ4n) is 0.937. The van der Waals surface area contributed by atoms with Crippen molar-refractivity contribution >= 4 is 11.8 Å². The number of hydrogen-bond donors (Lipinski definition) is 2. The van der Waals surface area contributed by atoms with Crippen LogP contribution >= 0.6 is 0 Å². The van der Waals surface area contributed by atoms with Crippen LogP contribution < -0.4 is 11.0 Å². The molecule has 0 saturated carbocycles. The average Bonchev–Trinajstić information content (AvgIpc) is 2.55. The Morgan fingerprint density at radius 1 is 0.810 bits per heavy atom. The second kappa shape index (κ2) is 10.3. The van der Waals surface area contributed by atoms with Gasteiger partial charge in [-0.05, 0) is 0 Å². The summed E-state index contributed by atoms with van der Waals surface area (Å²) >= 11 is 0. The summed E-state index contributed by atoms with van der Waals surface area (Å²) in [6.07, 6.45) is 7.94. The van der Waals surface area contributed by atoms with Crippen molar-refractivity contribution < 1.29 is 26.4 Å². The van der Waals surface area contributed by atoms with Gasteiger partial charge >= 0.3 is 16.8 Å². The van der Waals surface area contributed by atoms with Crippen LogP contribution in [-0.4, -0.2) is 31.8 Å². The fraction of sp³-hybridized carbons (Fsp3) is 0. The third-order valence-electron chi connectivity index (χ3n) is 1.78. The van der Waals surface area contributed by atoms with E-state index in [-0.39, 0.29) is 28.2 Å². The van der Waals surface area contributed by atoms with Crippen LogP contribution in [0.4, 0.5) is 0 Å². The molecule has 21 heavy (non-hydrogen) atoms. The molecule has 0 aromatic carbocycles. The number of nitrogens with one attached hydrogen (secondary N) is 2. The minimum atomic E-state index is -0.770. The molecule has 2 aromatic rings. The zero-order valence-electron chi connectivity index (χ0n) is 10.2. The van der Waals surface area contributed by atoms with Gasteiger partial charge in [0.15, 0.2) is 0 Å². The molecule has 11 heteroatoms. The van der Waals surface area contributed by atoms with Crippen LogP contribution in [0.15, 0.2) is 37.2 Å². The Hall–Kier alpha value is -2.47. The van der Waals surface area contributed by atoms with E-state index < -0.39 is 11.8 Å². The quantitative estimate of drug-likeness (QED) is 0.689. The van der Waals surface area contributed by atoms with E-state index in [9.17, 15) is 20.0 Å². The van der Waals surface area contributed by atoms with Gasteiger partial charge in [0.2, 0.25) is 0 Å². The Morgan fingerprint density at radius 2 is 1.19 bits per heavy atom. The van der Waals surface area contributed by atoms with Crippen molar-refractivity contribution in [2.24, 2.45) is 0 Å². The standard InChI is InChI=1S/2C5H4N3O2.Co/c2*9-5(8-10)4-3-6-1-2-7-4;/h2*1-3H,(H-,6,7,8,9,10);/q2*-1;+2. The van der Waals surface area contributed by atoms with E-state index in [1.807, 2.05) is 0 Å². The molecule has 2 aromatic heterocycles. The molecule has 111 valence electrons. The molecule has 0 spiro atoms. The first-order valence-electron chi connectivity index (χ1n) is 5.06.